The van der Waals surface area contributed by atoms with Gasteiger partial charge in [0.15, 0.2) is 5.01 Å². The Labute approximate surface area is 207 Å². The van der Waals surface area contributed by atoms with Gasteiger partial charge in [0.2, 0.25) is 0 Å². The highest BCUT2D eigenvalue weighted by atomic mass is 32.1. The smallest absolute Gasteiger partial charge is 0.282 e. The molecule has 2 saturated heterocycles. The Morgan fingerprint density at radius 2 is 1.69 bits per heavy atom. The zero-order valence-electron chi connectivity index (χ0n) is 19.3. The maximum absolute atomic E-state index is 13.4. The van der Waals surface area contributed by atoms with Crippen LogP contribution in [0.5, 0.6) is 0 Å². The molecule has 3 aliphatic rings. The van der Waals surface area contributed by atoms with Gasteiger partial charge < -0.3 is 14.7 Å². The molecule has 0 bridgehead atoms. The van der Waals surface area contributed by atoms with E-state index in [1.807, 2.05) is 33.4 Å². The van der Waals surface area contributed by atoms with Crippen LogP contribution in [0.2, 0.25) is 0 Å². The third-order valence-electron chi connectivity index (χ3n) is 7.28. The molecule has 0 aliphatic carbocycles. The quantitative estimate of drug-likeness (QED) is 0.561. The first-order chi connectivity index (χ1) is 17.1. The number of anilines is 2. The Morgan fingerprint density at radius 3 is 2.40 bits per heavy atom. The summed E-state index contributed by atoms with van der Waals surface area (Å²) in [5, 5.41) is 2.37. The summed E-state index contributed by atoms with van der Waals surface area (Å²) in [6.45, 7) is 5.21. The first kappa shape index (κ1) is 22.2. The van der Waals surface area contributed by atoms with E-state index in [1.54, 1.807) is 18.3 Å². The van der Waals surface area contributed by atoms with Crippen LogP contribution in [0.4, 0.5) is 15.8 Å². The summed E-state index contributed by atoms with van der Waals surface area (Å²) in [6, 6.07) is 12.7. The van der Waals surface area contributed by atoms with Crippen molar-refractivity contribution in [2.75, 3.05) is 50.7 Å². The summed E-state index contributed by atoms with van der Waals surface area (Å²) in [7, 11) is 0. The van der Waals surface area contributed by atoms with Crippen molar-refractivity contribution in [1.82, 2.24) is 19.7 Å². The van der Waals surface area contributed by atoms with Crippen molar-refractivity contribution in [3.63, 3.8) is 0 Å². The number of aromatic nitrogens is 1. The van der Waals surface area contributed by atoms with Crippen molar-refractivity contribution in [3.05, 3.63) is 76.0 Å². The number of carbonyl (C=O) groups is 2. The largest absolute Gasteiger partial charge is 0.341 e. The Bertz CT molecular complexity index is 1240. The lowest BCUT2D eigenvalue weighted by atomic mass is 9.99. The molecule has 0 unspecified atom stereocenters. The van der Waals surface area contributed by atoms with Crippen LogP contribution in [-0.4, -0.2) is 83.4 Å². The molecule has 9 heteroatoms. The second-order valence-electron chi connectivity index (χ2n) is 9.21. The van der Waals surface area contributed by atoms with Gasteiger partial charge in [-0.15, -0.1) is 11.3 Å². The molecule has 6 rings (SSSR count). The van der Waals surface area contributed by atoms with Gasteiger partial charge in [-0.1, -0.05) is 6.07 Å². The van der Waals surface area contributed by atoms with Crippen LogP contribution < -0.4 is 4.90 Å². The van der Waals surface area contributed by atoms with Crippen LogP contribution in [0.15, 0.2) is 54.0 Å². The van der Waals surface area contributed by atoms with Crippen molar-refractivity contribution < 1.29 is 14.0 Å². The summed E-state index contributed by atoms with van der Waals surface area (Å²) < 4.78 is 13.4. The molecule has 0 spiro atoms. The number of thiazole rings is 1. The predicted molar refractivity (Wildman–Crippen MR) is 133 cm³/mol. The molecule has 7 nitrogen and oxygen atoms in total. The van der Waals surface area contributed by atoms with E-state index in [9.17, 15) is 14.0 Å². The van der Waals surface area contributed by atoms with Gasteiger partial charge in [0, 0.05) is 80.4 Å². The lowest BCUT2D eigenvalue weighted by Gasteiger charge is -2.48. The van der Waals surface area contributed by atoms with E-state index >= 15 is 0 Å². The summed E-state index contributed by atoms with van der Waals surface area (Å²) in [5.41, 5.74) is 3.80. The minimum absolute atomic E-state index is 0.0117. The van der Waals surface area contributed by atoms with Gasteiger partial charge >= 0.3 is 0 Å². The average molecular weight is 492 g/mol. The maximum Gasteiger partial charge on any atom is 0.282 e. The molecule has 2 aromatic carbocycles. The zero-order chi connectivity index (χ0) is 23.9. The first-order valence-corrected chi connectivity index (χ1v) is 12.8. The highest BCUT2D eigenvalue weighted by Crippen LogP contribution is 2.37. The number of nitrogens with zero attached hydrogens (tertiary/aromatic N) is 5. The monoisotopic (exact) mass is 491 g/mol. The van der Waals surface area contributed by atoms with Gasteiger partial charge in [-0.2, -0.15) is 0 Å². The number of amides is 2. The Balaban J connectivity index is 1.07. The molecule has 0 radical (unpaired) electrons. The second-order valence-corrected chi connectivity index (χ2v) is 10.1. The van der Waals surface area contributed by atoms with E-state index in [2.05, 4.69) is 14.8 Å². The topological polar surface area (TPSA) is 60.0 Å². The standard InChI is InChI=1S/C26H26FN5O2S/c27-18-4-6-19(7-5-18)32-10-8-21-22(2-1-3-23(21)32)25(33)31-16-20(17-31)29-11-13-30(14-12-29)26(34)24-28-9-15-35-24/h1-7,9,15,20H,8,10-14,16-17H2. The molecule has 1 aromatic heterocycles. The van der Waals surface area contributed by atoms with Crippen molar-refractivity contribution in [3.8, 4) is 0 Å². The molecule has 3 aromatic rings. The van der Waals surface area contributed by atoms with Gasteiger partial charge in [0.25, 0.3) is 11.8 Å². The highest BCUT2D eigenvalue weighted by Gasteiger charge is 2.38. The van der Waals surface area contributed by atoms with E-state index < -0.39 is 0 Å². The summed E-state index contributed by atoms with van der Waals surface area (Å²) in [5.74, 6) is -0.161. The molecule has 2 amide bonds. The number of hydrogen-bond donors (Lipinski definition) is 0. The fourth-order valence-corrected chi connectivity index (χ4v) is 5.90. The van der Waals surface area contributed by atoms with Gasteiger partial charge in [-0.25, -0.2) is 9.37 Å². The second kappa shape index (κ2) is 9.05. The summed E-state index contributed by atoms with van der Waals surface area (Å²) in [4.78, 5) is 38.3. The minimum atomic E-state index is -0.253. The van der Waals surface area contributed by atoms with Gasteiger partial charge in [0.05, 0.1) is 0 Å². The number of hydrogen-bond acceptors (Lipinski definition) is 6. The average Bonchev–Trinajstić information content (AvgIpc) is 3.54. The number of likely N-dealkylation sites (tertiary alicyclic amines) is 1. The van der Waals surface area contributed by atoms with Crippen molar-refractivity contribution >= 4 is 34.5 Å². The predicted octanol–water partition coefficient (Wildman–Crippen LogP) is 3.26. The number of benzene rings is 2. The van der Waals surface area contributed by atoms with E-state index in [4.69, 9.17) is 0 Å². The number of rotatable bonds is 4. The molecule has 0 N–H and O–H groups in total. The third kappa shape index (κ3) is 4.08. The normalized spacial score (nSPS) is 18.5. The lowest BCUT2D eigenvalue weighted by Crippen LogP contribution is -2.64. The Hall–Kier alpha value is -3.30. The van der Waals surface area contributed by atoms with E-state index in [0.29, 0.717) is 37.2 Å². The molecular weight excluding hydrogens is 465 g/mol. The van der Waals surface area contributed by atoms with Crippen LogP contribution in [0, 0.1) is 5.82 Å². The molecule has 4 heterocycles. The van der Waals surface area contributed by atoms with Crippen molar-refractivity contribution in [2.45, 2.75) is 12.5 Å². The number of piperazine rings is 1. The molecule has 0 saturated carbocycles. The fourth-order valence-electron chi connectivity index (χ4n) is 5.30. The fraction of sp³-hybridized carbons (Fsp3) is 0.346. The third-order valence-corrected chi connectivity index (χ3v) is 8.04. The van der Waals surface area contributed by atoms with E-state index in [1.165, 1.54) is 23.5 Å². The van der Waals surface area contributed by atoms with Crippen LogP contribution in [0.1, 0.15) is 25.7 Å². The molecule has 180 valence electrons. The minimum Gasteiger partial charge on any atom is -0.341 e. The number of fused-ring (bicyclic) bond motifs is 1. The Kier molecular flexibility index (Phi) is 5.74. The van der Waals surface area contributed by atoms with Gasteiger partial charge in [-0.05, 0) is 48.4 Å². The van der Waals surface area contributed by atoms with Gasteiger partial charge in [-0.3, -0.25) is 14.5 Å². The molecule has 2 fully saturated rings. The maximum atomic E-state index is 13.4. The van der Waals surface area contributed by atoms with Gasteiger partial charge in [0.1, 0.15) is 5.82 Å². The number of halogens is 1. The van der Waals surface area contributed by atoms with Crippen LogP contribution >= 0.6 is 11.3 Å². The lowest BCUT2D eigenvalue weighted by molar-refractivity contribution is 0.00849. The first-order valence-electron chi connectivity index (χ1n) is 12.0. The number of carbonyl (C=O) groups excluding carboxylic acids is 2. The summed E-state index contributed by atoms with van der Waals surface area (Å²) in [6.07, 6.45) is 2.46. The highest BCUT2D eigenvalue weighted by molar-refractivity contribution is 7.11. The van der Waals surface area contributed by atoms with Crippen molar-refractivity contribution in [2.24, 2.45) is 0 Å². The molecular formula is C26H26FN5O2S. The van der Waals surface area contributed by atoms with Crippen LogP contribution in [-0.2, 0) is 6.42 Å². The van der Waals surface area contributed by atoms with Crippen LogP contribution in [0.25, 0.3) is 0 Å². The van der Waals surface area contributed by atoms with Crippen LogP contribution in [0.3, 0.4) is 0 Å². The zero-order valence-corrected chi connectivity index (χ0v) is 20.1. The Morgan fingerprint density at radius 1 is 0.914 bits per heavy atom. The summed E-state index contributed by atoms with van der Waals surface area (Å²) >= 11 is 1.38. The SMILES string of the molecule is O=C(c1nccs1)N1CCN(C2CN(C(=O)c3cccc4c3CCN4c3ccc(F)cc3)C2)CC1. The molecule has 35 heavy (non-hydrogen) atoms. The van der Waals surface area contributed by atoms with Crippen molar-refractivity contribution in [1.29, 1.82) is 0 Å². The molecule has 3 aliphatic heterocycles. The van der Waals surface area contributed by atoms with E-state index in [0.717, 1.165) is 48.6 Å². The van der Waals surface area contributed by atoms with E-state index in [-0.39, 0.29) is 17.6 Å². The molecule has 0 atom stereocenters.